The molecule has 0 bridgehead atoms. The number of amides is 3. The van der Waals surface area contributed by atoms with Crippen LogP contribution < -0.4 is 19.2 Å². The molecule has 3 aromatic rings. The number of nitrogens with zero attached hydrogens (tertiary/aromatic N) is 2. The number of ether oxygens (including phenoxy) is 3. The minimum Gasteiger partial charge on any atom is -0.493 e. The molecule has 6 rings (SSSR count). The number of hydrogen-bond donors (Lipinski definition) is 1. The van der Waals surface area contributed by atoms with Crippen molar-refractivity contribution in [2.45, 2.75) is 16.2 Å². The summed E-state index contributed by atoms with van der Waals surface area (Å²) in [5, 5.41) is -0.0868. The molecule has 1 N–H and O–H groups in total. The summed E-state index contributed by atoms with van der Waals surface area (Å²) in [5.41, 5.74) is 1.23. The number of morpholine rings is 1. The Morgan fingerprint density at radius 1 is 1.05 bits per heavy atom. The summed E-state index contributed by atoms with van der Waals surface area (Å²) < 4.78 is 16.7. The molecule has 0 radical (unpaired) electrons. The van der Waals surface area contributed by atoms with Crippen LogP contribution in [0.1, 0.15) is 16.4 Å². The molecule has 0 spiro atoms. The lowest BCUT2D eigenvalue weighted by atomic mass is 9.83. The third-order valence-corrected chi connectivity index (χ3v) is 9.50. The molecule has 2 saturated heterocycles. The first kappa shape index (κ1) is 25.7. The number of benzene rings is 2. The Morgan fingerprint density at radius 3 is 2.56 bits per heavy atom. The Labute approximate surface area is 231 Å². The van der Waals surface area contributed by atoms with E-state index in [0.29, 0.717) is 59.0 Å². The van der Waals surface area contributed by atoms with E-state index in [4.69, 9.17) is 14.2 Å². The summed E-state index contributed by atoms with van der Waals surface area (Å²) >= 11 is 2.27. The average molecular weight is 568 g/mol. The van der Waals surface area contributed by atoms with Gasteiger partial charge in [0.2, 0.25) is 11.8 Å². The van der Waals surface area contributed by atoms with Crippen LogP contribution in [-0.2, 0) is 19.1 Å². The van der Waals surface area contributed by atoms with Gasteiger partial charge in [0.15, 0.2) is 18.1 Å². The Morgan fingerprint density at radius 2 is 1.82 bits per heavy atom. The summed E-state index contributed by atoms with van der Waals surface area (Å²) in [7, 11) is 1.50. The van der Waals surface area contributed by atoms with Gasteiger partial charge in [-0.05, 0) is 29.8 Å². The minimum absolute atomic E-state index is 0.144. The highest BCUT2D eigenvalue weighted by molar-refractivity contribution is 8.00. The van der Waals surface area contributed by atoms with Gasteiger partial charge >= 0.3 is 4.87 Å². The van der Waals surface area contributed by atoms with E-state index in [0.717, 1.165) is 11.3 Å². The second-order valence-electron chi connectivity index (χ2n) is 9.29. The Balaban J connectivity index is 1.32. The second-order valence-corrected chi connectivity index (χ2v) is 11.5. The number of carbonyl (C=O) groups is 3. The number of nitrogens with one attached hydrogen (secondary N) is 1. The molecule has 10 nitrogen and oxygen atoms in total. The number of hydrogen-bond acceptors (Lipinski definition) is 9. The van der Waals surface area contributed by atoms with Crippen LogP contribution in [0, 0.1) is 5.92 Å². The zero-order valence-electron chi connectivity index (χ0n) is 21.0. The maximum Gasteiger partial charge on any atom is 0.305 e. The number of methoxy groups -OCH3 is 1. The monoisotopic (exact) mass is 567 g/mol. The fourth-order valence-corrected chi connectivity index (χ4v) is 7.76. The number of para-hydroxylation sites is 1. The summed E-state index contributed by atoms with van der Waals surface area (Å²) in [6, 6.07) is 14.1. The molecule has 12 heteroatoms. The van der Waals surface area contributed by atoms with Crippen molar-refractivity contribution in [3.05, 3.63) is 68.6 Å². The van der Waals surface area contributed by atoms with E-state index in [1.54, 1.807) is 47.4 Å². The molecule has 4 heterocycles. The number of anilines is 1. The number of H-pyrrole nitrogens is 1. The van der Waals surface area contributed by atoms with E-state index < -0.39 is 17.1 Å². The summed E-state index contributed by atoms with van der Waals surface area (Å²) in [4.78, 5) is 58.5. The predicted octanol–water partition coefficient (Wildman–Crippen LogP) is 2.48. The molecular formula is C27H25N3O7S2. The smallest absolute Gasteiger partial charge is 0.305 e. The van der Waals surface area contributed by atoms with E-state index in [9.17, 15) is 19.2 Å². The number of thiazole rings is 1. The normalized spacial score (nSPS) is 22.4. The summed E-state index contributed by atoms with van der Waals surface area (Å²) in [5.74, 6) is -1.24. The number of carbonyl (C=O) groups excluding carboxylic acids is 3. The quantitative estimate of drug-likeness (QED) is 0.452. The fourth-order valence-electron chi connectivity index (χ4n) is 5.25. The number of imide groups is 1. The van der Waals surface area contributed by atoms with Crippen molar-refractivity contribution >= 4 is 46.5 Å². The van der Waals surface area contributed by atoms with Crippen molar-refractivity contribution in [3.63, 3.8) is 0 Å². The maximum atomic E-state index is 13.8. The molecule has 2 unspecified atom stereocenters. The number of aromatic amines is 1. The molecule has 0 aliphatic carbocycles. The van der Waals surface area contributed by atoms with Crippen molar-refractivity contribution in [1.29, 1.82) is 0 Å². The second kappa shape index (κ2) is 10.5. The third-order valence-electron chi connectivity index (χ3n) is 7.10. The van der Waals surface area contributed by atoms with Crippen molar-refractivity contribution < 1.29 is 28.6 Å². The first-order chi connectivity index (χ1) is 19.0. The molecule has 202 valence electrons. The molecule has 3 aliphatic rings. The van der Waals surface area contributed by atoms with Gasteiger partial charge in [-0.25, -0.2) is 4.90 Å². The maximum absolute atomic E-state index is 13.8. The summed E-state index contributed by atoms with van der Waals surface area (Å²) in [6.07, 6.45) is 0. The lowest BCUT2D eigenvalue weighted by Crippen LogP contribution is -2.43. The molecule has 3 atom stereocenters. The molecule has 2 fully saturated rings. The van der Waals surface area contributed by atoms with Gasteiger partial charge in [0.05, 0.1) is 37.0 Å². The van der Waals surface area contributed by atoms with Crippen molar-refractivity contribution in [3.8, 4) is 11.5 Å². The Kier molecular flexibility index (Phi) is 6.92. The predicted molar refractivity (Wildman–Crippen MR) is 145 cm³/mol. The highest BCUT2D eigenvalue weighted by Crippen LogP contribution is 2.53. The van der Waals surface area contributed by atoms with Gasteiger partial charge in [0.25, 0.3) is 5.91 Å². The minimum atomic E-state index is -0.707. The molecular weight excluding hydrogens is 542 g/mol. The summed E-state index contributed by atoms with van der Waals surface area (Å²) in [6.45, 7) is 1.90. The van der Waals surface area contributed by atoms with Crippen molar-refractivity contribution in [1.82, 2.24) is 9.88 Å². The van der Waals surface area contributed by atoms with Gasteiger partial charge in [0.1, 0.15) is 5.25 Å². The van der Waals surface area contributed by atoms with E-state index in [1.165, 1.54) is 23.8 Å². The van der Waals surface area contributed by atoms with Crippen LogP contribution in [0.5, 0.6) is 11.5 Å². The topological polar surface area (TPSA) is 118 Å². The van der Waals surface area contributed by atoms with Gasteiger partial charge < -0.3 is 24.1 Å². The van der Waals surface area contributed by atoms with Crippen LogP contribution in [0.3, 0.4) is 0 Å². The molecule has 2 aromatic carbocycles. The van der Waals surface area contributed by atoms with Crippen LogP contribution in [-0.4, -0.2) is 72.9 Å². The highest BCUT2D eigenvalue weighted by Gasteiger charge is 2.56. The highest BCUT2D eigenvalue weighted by atomic mass is 32.2. The number of aromatic nitrogens is 1. The largest absolute Gasteiger partial charge is 0.493 e. The van der Waals surface area contributed by atoms with E-state index in [2.05, 4.69) is 4.98 Å². The standard InChI is InChI=1S/C27H25N3O7S2/c1-35-18-13-15(7-8-17(18)37-14-19(31)29-9-11-36-12-10-29)20-21-23(38-24-22(20)39-27(34)28-24)26(33)30(25(21)32)16-5-3-2-4-6-16/h2-8,13,20-21,23H,9-12,14H2,1H3,(H,28,34)/t20-,21?,23?/m1/s1. The number of rotatable bonds is 6. The third kappa shape index (κ3) is 4.62. The Hall–Kier alpha value is -3.61. The van der Waals surface area contributed by atoms with Gasteiger partial charge in [-0.1, -0.05) is 47.4 Å². The van der Waals surface area contributed by atoms with Crippen LogP contribution in [0.15, 0.2) is 58.4 Å². The van der Waals surface area contributed by atoms with Crippen LogP contribution in [0.4, 0.5) is 5.69 Å². The average Bonchev–Trinajstić information content (AvgIpc) is 3.46. The van der Waals surface area contributed by atoms with Crippen LogP contribution in [0.25, 0.3) is 0 Å². The molecule has 39 heavy (non-hydrogen) atoms. The fraction of sp³-hybridized carbons (Fsp3) is 0.333. The Bertz CT molecular complexity index is 1480. The van der Waals surface area contributed by atoms with Crippen molar-refractivity contribution in [2.24, 2.45) is 5.92 Å². The first-order valence-corrected chi connectivity index (χ1v) is 14.1. The van der Waals surface area contributed by atoms with Gasteiger partial charge in [-0.2, -0.15) is 0 Å². The van der Waals surface area contributed by atoms with Gasteiger partial charge in [-0.15, -0.1) is 0 Å². The van der Waals surface area contributed by atoms with Crippen LogP contribution >= 0.6 is 23.1 Å². The molecule has 3 aliphatic heterocycles. The number of thioether (sulfide) groups is 1. The SMILES string of the molecule is COc1cc([C@H]2c3sc(=O)[nH]c3SC3C(=O)N(c4ccccc4)C(=O)C32)ccc1OCC(=O)N1CCOCC1. The molecule has 3 amide bonds. The molecule has 0 saturated carbocycles. The van der Waals surface area contributed by atoms with Crippen LogP contribution in [0.2, 0.25) is 0 Å². The number of fused-ring (bicyclic) bond motifs is 2. The lowest BCUT2D eigenvalue weighted by Gasteiger charge is -2.30. The van der Waals surface area contributed by atoms with E-state index in [-0.39, 0.29) is 29.2 Å². The molecule has 1 aromatic heterocycles. The van der Waals surface area contributed by atoms with Gasteiger partial charge in [-0.3, -0.25) is 19.2 Å². The van der Waals surface area contributed by atoms with Gasteiger partial charge in [0, 0.05) is 23.9 Å². The zero-order valence-corrected chi connectivity index (χ0v) is 22.6. The van der Waals surface area contributed by atoms with E-state index in [1.807, 2.05) is 6.07 Å². The van der Waals surface area contributed by atoms with E-state index >= 15 is 0 Å². The first-order valence-electron chi connectivity index (χ1n) is 12.4. The zero-order chi connectivity index (χ0) is 27.1. The lowest BCUT2D eigenvalue weighted by molar-refractivity contribution is -0.137. The van der Waals surface area contributed by atoms with Crippen molar-refractivity contribution in [2.75, 3.05) is 44.9 Å².